The van der Waals surface area contributed by atoms with Gasteiger partial charge in [-0.2, -0.15) is 0 Å². The van der Waals surface area contributed by atoms with Crippen molar-refractivity contribution >= 4 is 17.5 Å². The van der Waals surface area contributed by atoms with Crippen LogP contribution < -0.4 is 15.4 Å². The molecule has 0 unspecified atom stereocenters. The molecule has 0 spiro atoms. The number of carbonyl (C=O) groups excluding carboxylic acids is 2. The lowest BCUT2D eigenvalue weighted by Gasteiger charge is -2.09. The molecular formula is C20H17FN2O4. The Labute approximate surface area is 155 Å². The third-order valence-electron chi connectivity index (χ3n) is 3.66. The molecule has 1 aromatic heterocycles. The summed E-state index contributed by atoms with van der Waals surface area (Å²) in [5, 5.41) is 5.27. The first-order valence-corrected chi connectivity index (χ1v) is 8.19. The topological polar surface area (TPSA) is 80.6 Å². The van der Waals surface area contributed by atoms with Gasteiger partial charge in [-0.25, -0.2) is 4.39 Å². The first-order valence-electron chi connectivity index (χ1n) is 8.19. The molecule has 6 nitrogen and oxygen atoms in total. The molecule has 0 radical (unpaired) electrons. The van der Waals surface area contributed by atoms with Crippen molar-refractivity contribution in [3.05, 3.63) is 84.1 Å². The molecule has 0 aliphatic carbocycles. The molecule has 3 aromatic rings. The van der Waals surface area contributed by atoms with Gasteiger partial charge in [-0.15, -0.1) is 0 Å². The number of carbonyl (C=O) groups is 2. The molecule has 3 rings (SSSR count). The second-order valence-electron chi connectivity index (χ2n) is 5.61. The minimum absolute atomic E-state index is 0.0899. The Bertz CT molecular complexity index is 908. The van der Waals surface area contributed by atoms with Gasteiger partial charge in [0.25, 0.3) is 11.8 Å². The van der Waals surface area contributed by atoms with Gasteiger partial charge in [-0.05, 0) is 42.5 Å². The van der Waals surface area contributed by atoms with Gasteiger partial charge in [0.15, 0.2) is 12.4 Å². The summed E-state index contributed by atoms with van der Waals surface area (Å²) >= 11 is 0. The van der Waals surface area contributed by atoms with Crippen LogP contribution in [0.3, 0.4) is 0 Å². The number of halogens is 1. The molecule has 2 N–H and O–H groups in total. The maximum atomic E-state index is 13.5. The fourth-order valence-corrected chi connectivity index (χ4v) is 2.27. The van der Waals surface area contributed by atoms with E-state index in [-0.39, 0.29) is 36.5 Å². The lowest BCUT2D eigenvalue weighted by molar-refractivity contribution is -0.123. The Hall–Kier alpha value is -3.61. The highest BCUT2D eigenvalue weighted by Crippen LogP contribution is 2.16. The minimum atomic E-state index is -0.370. The first kappa shape index (κ1) is 18.2. The molecule has 2 aromatic carbocycles. The first-order chi connectivity index (χ1) is 13.1. The number of benzene rings is 2. The highest BCUT2D eigenvalue weighted by Gasteiger charge is 2.09. The lowest BCUT2D eigenvalue weighted by Crippen LogP contribution is -2.28. The van der Waals surface area contributed by atoms with Gasteiger partial charge >= 0.3 is 0 Å². The van der Waals surface area contributed by atoms with Crippen LogP contribution in [-0.4, -0.2) is 18.4 Å². The van der Waals surface area contributed by atoms with Gasteiger partial charge < -0.3 is 19.8 Å². The fourth-order valence-electron chi connectivity index (χ4n) is 2.27. The molecule has 0 atom stereocenters. The molecule has 0 saturated heterocycles. The van der Waals surface area contributed by atoms with Crippen LogP contribution in [0.2, 0.25) is 0 Å². The molecule has 2 amide bonds. The number of hydrogen-bond acceptors (Lipinski definition) is 4. The second kappa shape index (κ2) is 8.66. The smallest absolute Gasteiger partial charge is 0.291 e. The van der Waals surface area contributed by atoms with Gasteiger partial charge in [0.2, 0.25) is 0 Å². The van der Waals surface area contributed by atoms with Crippen molar-refractivity contribution < 1.29 is 23.1 Å². The number of ether oxygens (including phenoxy) is 1. The zero-order valence-electron chi connectivity index (χ0n) is 14.3. The number of nitrogens with one attached hydrogen (secondary N) is 2. The average molecular weight is 368 g/mol. The third-order valence-corrected chi connectivity index (χ3v) is 3.66. The molecule has 0 aliphatic rings. The summed E-state index contributed by atoms with van der Waals surface area (Å²) in [4.78, 5) is 23.7. The molecule has 0 aliphatic heterocycles. The van der Waals surface area contributed by atoms with Crippen molar-refractivity contribution in [1.82, 2.24) is 5.32 Å². The normalized spacial score (nSPS) is 10.3. The van der Waals surface area contributed by atoms with Gasteiger partial charge in [0.05, 0.1) is 6.26 Å². The van der Waals surface area contributed by atoms with Gasteiger partial charge in [0, 0.05) is 17.8 Å². The van der Waals surface area contributed by atoms with Crippen molar-refractivity contribution in [2.75, 3.05) is 11.9 Å². The van der Waals surface area contributed by atoms with E-state index < -0.39 is 0 Å². The zero-order valence-corrected chi connectivity index (χ0v) is 14.3. The van der Waals surface area contributed by atoms with Gasteiger partial charge in [0.1, 0.15) is 11.6 Å². The van der Waals surface area contributed by atoms with Crippen LogP contribution in [0.25, 0.3) is 0 Å². The number of rotatable bonds is 7. The lowest BCUT2D eigenvalue weighted by atomic mass is 10.2. The summed E-state index contributed by atoms with van der Waals surface area (Å²) in [6.07, 6.45) is 1.42. The molecular weight excluding hydrogens is 351 g/mol. The largest absolute Gasteiger partial charge is 0.484 e. The molecule has 0 bridgehead atoms. The van der Waals surface area contributed by atoms with Crippen LogP contribution in [0.5, 0.6) is 5.75 Å². The van der Waals surface area contributed by atoms with E-state index in [1.165, 1.54) is 12.3 Å². The highest BCUT2D eigenvalue weighted by molar-refractivity contribution is 6.02. The number of amides is 2. The van der Waals surface area contributed by atoms with Crippen molar-refractivity contribution in [1.29, 1.82) is 0 Å². The van der Waals surface area contributed by atoms with E-state index in [9.17, 15) is 14.0 Å². The van der Waals surface area contributed by atoms with E-state index in [1.807, 2.05) is 0 Å². The van der Waals surface area contributed by atoms with E-state index in [0.29, 0.717) is 17.0 Å². The van der Waals surface area contributed by atoms with Crippen LogP contribution in [0.4, 0.5) is 10.1 Å². The number of hydrogen-bond donors (Lipinski definition) is 2. The van der Waals surface area contributed by atoms with E-state index in [2.05, 4.69) is 10.6 Å². The SMILES string of the molecule is O=C(COc1ccc(NC(=O)c2ccco2)cc1)NCc1ccccc1F. The maximum Gasteiger partial charge on any atom is 0.291 e. The standard InChI is InChI=1S/C20H17FN2O4/c21-17-5-2-1-4-14(17)12-22-19(24)13-27-16-9-7-15(8-10-16)23-20(25)18-6-3-11-26-18/h1-11H,12-13H2,(H,22,24)(H,23,25). The van der Waals surface area contributed by atoms with Crippen molar-refractivity contribution in [2.24, 2.45) is 0 Å². The monoisotopic (exact) mass is 368 g/mol. The van der Waals surface area contributed by atoms with Crippen LogP contribution >= 0.6 is 0 Å². The number of furan rings is 1. The van der Waals surface area contributed by atoms with Crippen molar-refractivity contribution in [2.45, 2.75) is 6.54 Å². The predicted molar refractivity (Wildman–Crippen MR) is 96.8 cm³/mol. The van der Waals surface area contributed by atoms with Gasteiger partial charge in [-0.1, -0.05) is 18.2 Å². The molecule has 7 heteroatoms. The molecule has 0 fully saturated rings. The molecule has 27 heavy (non-hydrogen) atoms. The third kappa shape index (κ3) is 5.18. The summed E-state index contributed by atoms with van der Waals surface area (Å²) in [5.74, 6) is -0.422. The maximum absolute atomic E-state index is 13.5. The van der Waals surface area contributed by atoms with Crippen LogP contribution in [0.1, 0.15) is 16.1 Å². The van der Waals surface area contributed by atoms with Crippen LogP contribution in [0, 0.1) is 5.82 Å². The van der Waals surface area contributed by atoms with Crippen molar-refractivity contribution in [3.8, 4) is 5.75 Å². The quantitative estimate of drug-likeness (QED) is 0.670. The summed E-state index contributed by atoms with van der Waals surface area (Å²) in [7, 11) is 0. The minimum Gasteiger partial charge on any atom is -0.484 e. The number of anilines is 1. The highest BCUT2D eigenvalue weighted by atomic mass is 19.1. The van der Waals surface area contributed by atoms with Crippen molar-refractivity contribution in [3.63, 3.8) is 0 Å². The molecule has 138 valence electrons. The van der Waals surface area contributed by atoms with E-state index >= 15 is 0 Å². The predicted octanol–water partition coefficient (Wildman–Crippen LogP) is 3.37. The second-order valence-corrected chi connectivity index (χ2v) is 5.61. The van der Waals surface area contributed by atoms with Crippen LogP contribution in [-0.2, 0) is 11.3 Å². The Kier molecular flexibility index (Phi) is 5.84. The summed E-state index contributed by atoms with van der Waals surface area (Å²) in [5.41, 5.74) is 0.968. The van der Waals surface area contributed by atoms with Gasteiger partial charge in [-0.3, -0.25) is 9.59 Å². The summed E-state index contributed by atoms with van der Waals surface area (Å²) < 4.78 is 23.9. The van der Waals surface area contributed by atoms with E-state index in [1.54, 1.807) is 54.6 Å². The Morgan fingerprint density at radius 3 is 2.48 bits per heavy atom. The molecule has 0 saturated carbocycles. The fraction of sp³-hybridized carbons (Fsp3) is 0.100. The summed E-state index contributed by atoms with van der Waals surface area (Å²) in [6.45, 7) is -0.112. The Morgan fingerprint density at radius 1 is 1.00 bits per heavy atom. The zero-order chi connectivity index (χ0) is 19.1. The molecule has 1 heterocycles. The summed E-state index contributed by atoms with van der Waals surface area (Å²) in [6, 6.07) is 16.0. The Balaban J connectivity index is 1.45. The van der Waals surface area contributed by atoms with E-state index in [4.69, 9.17) is 9.15 Å². The Morgan fingerprint density at radius 2 is 1.78 bits per heavy atom. The van der Waals surface area contributed by atoms with Crippen LogP contribution in [0.15, 0.2) is 71.3 Å². The van der Waals surface area contributed by atoms with E-state index in [0.717, 1.165) is 0 Å². The average Bonchev–Trinajstić information content (AvgIpc) is 3.22.